The predicted octanol–water partition coefficient (Wildman–Crippen LogP) is 0.423. The maximum atomic E-state index is 13.7. The van der Waals surface area contributed by atoms with Crippen LogP contribution in [0, 0.1) is 23.0 Å². The summed E-state index contributed by atoms with van der Waals surface area (Å²) < 4.78 is 29.9. The second-order valence-corrected chi connectivity index (χ2v) is 8.98. The number of halogens is 2. The molecule has 0 saturated heterocycles. The number of carbonyl (C=O) groups excluding carboxylic acids is 1. The number of amides is 1. The number of aromatic nitrogens is 7. The number of nitrogens with one attached hydrogen (secondary N) is 2. The zero-order chi connectivity index (χ0) is 25.4. The molecule has 0 spiro atoms. The fourth-order valence-electron chi connectivity index (χ4n) is 5.34. The average Bonchev–Trinajstić information content (AvgIpc) is 3.16. The minimum atomic E-state index is -1.23. The summed E-state index contributed by atoms with van der Waals surface area (Å²) in [5.74, 6) is -2.11. The average molecular weight is 497 g/mol. The van der Waals surface area contributed by atoms with Crippen molar-refractivity contribution >= 4 is 22.9 Å². The highest BCUT2D eigenvalue weighted by Crippen LogP contribution is 2.67. The van der Waals surface area contributed by atoms with Crippen molar-refractivity contribution in [1.29, 1.82) is 0 Å². The monoisotopic (exact) mass is 497 g/mol. The van der Waals surface area contributed by atoms with Gasteiger partial charge in [-0.25, -0.2) is 13.8 Å². The molecule has 3 aromatic heterocycles. The SMILES string of the molecule is CNC(=O)C12CC1[C@@H](n1cnc3c(NC)nc(-n4cc(-c5ccc(F)c(F)c5)nn4)nc31)[C@H](O)[C@@H]2O. The van der Waals surface area contributed by atoms with E-state index in [2.05, 4.69) is 35.9 Å². The van der Waals surface area contributed by atoms with Crippen molar-refractivity contribution in [2.75, 3.05) is 19.4 Å². The van der Waals surface area contributed by atoms with Gasteiger partial charge in [0.15, 0.2) is 28.6 Å². The Morgan fingerprint density at radius 3 is 2.72 bits per heavy atom. The zero-order valence-corrected chi connectivity index (χ0v) is 19.1. The summed E-state index contributed by atoms with van der Waals surface area (Å²) >= 11 is 0. The van der Waals surface area contributed by atoms with Crippen LogP contribution in [0.15, 0.2) is 30.7 Å². The van der Waals surface area contributed by atoms with Crippen LogP contribution in [0.3, 0.4) is 0 Å². The molecule has 2 unspecified atom stereocenters. The van der Waals surface area contributed by atoms with Crippen molar-refractivity contribution in [2.24, 2.45) is 11.3 Å². The Balaban J connectivity index is 1.42. The summed E-state index contributed by atoms with van der Waals surface area (Å²) in [6, 6.07) is 2.76. The number of anilines is 1. The van der Waals surface area contributed by atoms with E-state index < -0.39 is 35.3 Å². The topological polar surface area (TPSA) is 156 Å². The molecule has 6 rings (SSSR count). The molecule has 2 saturated carbocycles. The number of carbonyl (C=O) groups is 1. The molecule has 186 valence electrons. The van der Waals surface area contributed by atoms with Gasteiger partial charge < -0.3 is 25.4 Å². The summed E-state index contributed by atoms with van der Waals surface area (Å²) in [7, 11) is 3.15. The fraction of sp³-hybridized carbons (Fsp3) is 0.364. The van der Waals surface area contributed by atoms with Crippen LogP contribution in [-0.4, -0.2) is 76.9 Å². The van der Waals surface area contributed by atoms with Crippen molar-refractivity contribution in [1.82, 2.24) is 39.8 Å². The van der Waals surface area contributed by atoms with Crippen LogP contribution in [0.1, 0.15) is 12.5 Å². The molecule has 0 aliphatic heterocycles. The lowest BCUT2D eigenvalue weighted by molar-refractivity contribution is -0.132. The minimum absolute atomic E-state index is 0.108. The van der Waals surface area contributed by atoms with Crippen molar-refractivity contribution in [3.05, 3.63) is 42.4 Å². The number of hydrogen-bond donors (Lipinski definition) is 4. The third-order valence-electron chi connectivity index (χ3n) is 7.20. The van der Waals surface area contributed by atoms with Gasteiger partial charge in [-0.3, -0.25) is 4.79 Å². The lowest BCUT2D eigenvalue weighted by Gasteiger charge is -2.23. The van der Waals surface area contributed by atoms with E-state index in [9.17, 15) is 23.8 Å². The Morgan fingerprint density at radius 2 is 2.00 bits per heavy atom. The summed E-state index contributed by atoms with van der Waals surface area (Å²) in [6.45, 7) is 0. The van der Waals surface area contributed by atoms with Crippen molar-refractivity contribution in [3.63, 3.8) is 0 Å². The van der Waals surface area contributed by atoms with Gasteiger partial charge in [-0.2, -0.15) is 14.6 Å². The second-order valence-electron chi connectivity index (χ2n) is 8.98. The lowest BCUT2D eigenvalue weighted by atomic mass is 9.98. The standard InChI is InChI=1S/C22H21F2N9O3/c1-25-18-14-19(32(8-27-14)15-10-6-22(10,20(36)26-2)17(35)16(15)34)29-21(28-18)33-7-13(30-31-33)9-3-4-11(23)12(24)5-9/h3-5,7-8,10,15-17,34-35H,6H2,1-2H3,(H,26,36)(H,25,28,29)/t10?,15-,16+,17+,22?/m1/s1. The number of imidazole rings is 1. The van der Waals surface area contributed by atoms with Crippen molar-refractivity contribution in [3.8, 4) is 17.2 Å². The van der Waals surface area contributed by atoms with Crippen LogP contribution < -0.4 is 10.6 Å². The van der Waals surface area contributed by atoms with E-state index in [0.29, 0.717) is 29.0 Å². The van der Waals surface area contributed by atoms with Gasteiger partial charge in [-0.05, 0) is 24.6 Å². The quantitative estimate of drug-likeness (QED) is 0.307. The number of benzene rings is 1. The summed E-state index contributed by atoms with van der Waals surface area (Å²) in [5.41, 5.74) is 0.317. The summed E-state index contributed by atoms with van der Waals surface area (Å²) in [4.78, 5) is 25.9. The minimum Gasteiger partial charge on any atom is -0.389 e. The zero-order valence-electron chi connectivity index (χ0n) is 19.1. The molecule has 36 heavy (non-hydrogen) atoms. The van der Waals surface area contributed by atoms with Gasteiger partial charge in [0.05, 0.1) is 30.1 Å². The number of fused-ring (bicyclic) bond motifs is 2. The molecule has 4 N–H and O–H groups in total. The molecular weight excluding hydrogens is 476 g/mol. The van der Waals surface area contributed by atoms with Gasteiger partial charge >= 0.3 is 0 Å². The molecule has 1 aromatic carbocycles. The van der Waals surface area contributed by atoms with Gasteiger partial charge in [-0.1, -0.05) is 5.21 Å². The highest BCUT2D eigenvalue weighted by Gasteiger charge is 2.75. The fourth-order valence-corrected chi connectivity index (χ4v) is 5.34. The Kier molecular flexibility index (Phi) is 4.82. The molecule has 12 nitrogen and oxygen atoms in total. The van der Waals surface area contributed by atoms with E-state index in [1.54, 1.807) is 11.6 Å². The maximum Gasteiger partial charge on any atom is 0.256 e. The third kappa shape index (κ3) is 2.97. The van der Waals surface area contributed by atoms with E-state index in [4.69, 9.17) is 0 Å². The van der Waals surface area contributed by atoms with E-state index in [0.717, 1.165) is 12.1 Å². The molecule has 1 amide bonds. The number of rotatable bonds is 5. The Hall–Kier alpha value is -4.04. The van der Waals surface area contributed by atoms with Crippen LogP contribution in [-0.2, 0) is 4.79 Å². The maximum absolute atomic E-state index is 13.7. The summed E-state index contributed by atoms with van der Waals surface area (Å²) in [5, 5.41) is 35.2. The first-order valence-corrected chi connectivity index (χ1v) is 11.2. The number of aliphatic hydroxyl groups is 2. The first-order valence-electron chi connectivity index (χ1n) is 11.2. The molecule has 5 atom stereocenters. The number of hydrogen-bond acceptors (Lipinski definition) is 9. The molecular formula is C22H21F2N9O3. The van der Waals surface area contributed by atoms with Crippen LogP contribution in [0.25, 0.3) is 28.4 Å². The smallest absolute Gasteiger partial charge is 0.256 e. The van der Waals surface area contributed by atoms with Crippen LogP contribution in [0.2, 0.25) is 0 Å². The van der Waals surface area contributed by atoms with Crippen LogP contribution in [0.4, 0.5) is 14.6 Å². The van der Waals surface area contributed by atoms with Gasteiger partial charge in [0.1, 0.15) is 11.8 Å². The second kappa shape index (κ2) is 7.73. The van der Waals surface area contributed by atoms with Gasteiger partial charge in [0.2, 0.25) is 5.91 Å². The number of aliphatic hydroxyl groups excluding tert-OH is 2. The van der Waals surface area contributed by atoms with E-state index in [1.165, 1.54) is 30.3 Å². The molecule has 2 aliphatic carbocycles. The van der Waals surface area contributed by atoms with Crippen LogP contribution >= 0.6 is 0 Å². The Labute approximate surface area is 202 Å². The van der Waals surface area contributed by atoms with Crippen molar-refractivity contribution < 1.29 is 23.8 Å². The molecule has 0 bridgehead atoms. The van der Waals surface area contributed by atoms with Crippen molar-refractivity contribution in [2.45, 2.75) is 24.7 Å². The first kappa shape index (κ1) is 22.4. The highest BCUT2D eigenvalue weighted by atomic mass is 19.2. The number of nitrogens with zero attached hydrogens (tertiary/aromatic N) is 7. The highest BCUT2D eigenvalue weighted by molar-refractivity contribution is 5.88. The Morgan fingerprint density at radius 1 is 1.19 bits per heavy atom. The van der Waals surface area contributed by atoms with Crippen LogP contribution in [0.5, 0.6) is 0 Å². The molecule has 2 aliphatic rings. The third-order valence-corrected chi connectivity index (χ3v) is 7.20. The molecule has 0 radical (unpaired) electrons. The van der Waals surface area contributed by atoms with E-state index in [-0.39, 0.29) is 23.5 Å². The normalized spacial score (nSPS) is 26.7. The van der Waals surface area contributed by atoms with E-state index in [1.807, 2.05) is 0 Å². The first-order chi connectivity index (χ1) is 17.3. The van der Waals surface area contributed by atoms with Gasteiger partial charge in [0.25, 0.3) is 5.95 Å². The molecule has 14 heteroatoms. The van der Waals surface area contributed by atoms with Gasteiger partial charge in [0, 0.05) is 25.6 Å². The summed E-state index contributed by atoms with van der Waals surface area (Å²) in [6.07, 6.45) is 0.953. The molecule has 2 fully saturated rings. The van der Waals surface area contributed by atoms with Gasteiger partial charge in [-0.15, -0.1) is 5.10 Å². The molecule has 3 heterocycles. The largest absolute Gasteiger partial charge is 0.389 e. The van der Waals surface area contributed by atoms with E-state index >= 15 is 0 Å². The molecule has 4 aromatic rings. The predicted molar refractivity (Wildman–Crippen MR) is 121 cm³/mol. The lowest BCUT2D eigenvalue weighted by Crippen LogP contribution is -2.41. The Bertz CT molecular complexity index is 1520.